The van der Waals surface area contributed by atoms with Crippen LogP contribution in [0.3, 0.4) is 0 Å². The highest BCUT2D eigenvalue weighted by Crippen LogP contribution is 2.37. The number of ether oxygens (including phenoxy) is 1. The fourth-order valence-corrected chi connectivity index (χ4v) is 4.91. The third-order valence-corrected chi connectivity index (χ3v) is 6.35. The van der Waals surface area contributed by atoms with Gasteiger partial charge in [-0.1, -0.05) is 42.0 Å². The summed E-state index contributed by atoms with van der Waals surface area (Å²) in [6, 6.07) is 16.2. The molecule has 3 rings (SSSR count). The highest BCUT2D eigenvalue weighted by Gasteiger charge is 2.15. The smallest absolute Gasteiger partial charge is 0.306 e. The SMILES string of the molecule is CC(C)=CCCOc1ccc(-c2cc(C)c(-c3ccc(OS(C)(=O)=O)cc3)c(C)c2)cc1OS(C)(=O)=O. The molecule has 7 nitrogen and oxygen atoms in total. The third kappa shape index (κ3) is 8.36. The van der Waals surface area contributed by atoms with Gasteiger partial charge in [-0.3, -0.25) is 0 Å². The fraction of sp³-hybridized carbons (Fsp3) is 0.286. The predicted octanol–water partition coefficient (Wildman–Crippen LogP) is 6.05. The van der Waals surface area contributed by atoms with Gasteiger partial charge in [0.05, 0.1) is 19.1 Å². The summed E-state index contributed by atoms with van der Waals surface area (Å²) in [4.78, 5) is 0. The van der Waals surface area contributed by atoms with E-state index in [1.807, 2.05) is 64.1 Å². The molecule has 0 aliphatic carbocycles. The topological polar surface area (TPSA) is 96.0 Å². The summed E-state index contributed by atoms with van der Waals surface area (Å²) >= 11 is 0. The first-order chi connectivity index (χ1) is 17.2. The maximum atomic E-state index is 11.9. The Morgan fingerprint density at radius 3 is 1.84 bits per heavy atom. The second kappa shape index (κ2) is 11.4. The molecule has 3 aromatic rings. The summed E-state index contributed by atoms with van der Waals surface area (Å²) in [5.41, 5.74) is 6.79. The zero-order chi connectivity index (χ0) is 27.4. The molecule has 0 saturated heterocycles. The fourth-order valence-electron chi connectivity index (χ4n) is 3.99. The molecule has 9 heteroatoms. The number of aryl methyl sites for hydroxylation is 2. The lowest BCUT2D eigenvalue weighted by atomic mass is 9.91. The van der Waals surface area contributed by atoms with Crippen molar-refractivity contribution in [2.24, 2.45) is 0 Å². The largest absolute Gasteiger partial charge is 0.489 e. The lowest BCUT2D eigenvalue weighted by molar-refractivity contribution is 0.314. The number of hydrogen-bond acceptors (Lipinski definition) is 7. The van der Waals surface area contributed by atoms with Crippen molar-refractivity contribution in [3.63, 3.8) is 0 Å². The monoisotopic (exact) mass is 544 g/mol. The zero-order valence-electron chi connectivity index (χ0n) is 21.9. The van der Waals surface area contributed by atoms with Crippen molar-refractivity contribution in [1.29, 1.82) is 0 Å². The molecule has 3 aromatic carbocycles. The van der Waals surface area contributed by atoms with Crippen LogP contribution >= 0.6 is 0 Å². The second-order valence-corrected chi connectivity index (χ2v) is 12.3. The quantitative estimate of drug-likeness (QED) is 0.174. The van der Waals surface area contributed by atoms with Crippen molar-refractivity contribution >= 4 is 20.2 Å². The van der Waals surface area contributed by atoms with Crippen LogP contribution in [0, 0.1) is 13.8 Å². The summed E-state index contributed by atoms with van der Waals surface area (Å²) in [5.74, 6) is 0.746. The van der Waals surface area contributed by atoms with E-state index in [1.54, 1.807) is 24.3 Å². The Balaban J connectivity index is 1.94. The Labute approximate surface area is 220 Å². The Morgan fingerprint density at radius 2 is 1.30 bits per heavy atom. The van der Waals surface area contributed by atoms with Crippen LogP contribution in [0.15, 0.2) is 66.2 Å². The normalized spacial score (nSPS) is 11.6. The number of allylic oxidation sites excluding steroid dienone is 1. The van der Waals surface area contributed by atoms with Crippen molar-refractivity contribution in [3.05, 3.63) is 77.4 Å². The van der Waals surface area contributed by atoms with Crippen LogP contribution < -0.4 is 13.1 Å². The third-order valence-electron chi connectivity index (χ3n) is 5.37. The van der Waals surface area contributed by atoms with E-state index in [2.05, 4.69) is 0 Å². The van der Waals surface area contributed by atoms with E-state index in [-0.39, 0.29) is 11.5 Å². The molecule has 0 heterocycles. The van der Waals surface area contributed by atoms with Crippen LogP contribution in [0.1, 0.15) is 31.4 Å². The van der Waals surface area contributed by atoms with Gasteiger partial charge in [0.25, 0.3) is 0 Å². The van der Waals surface area contributed by atoms with Crippen molar-refractivity contribution in [1.82, 2.24) is 0 Å². The van der Waals surface area contributed by atoms with Crippen LogP contribution in [-0.2, 0) is 20.2 Å². The van der Waals surface area contributed by atoms with E-state index in [1.165, 1.54) is 5.57 Å². The molecule has 0 aliphatic rings. The zero-order valence-corrected chi connectivity index (χ0v) is 23.5. The van der Waals surface area contributed by atoms with Crippen molar-refractivity contribution in [2.45, 2.75) is 34.1 Å². The predicted molar refractivity (Wildman–Crippen MR) is 147 cm³/mol. The lowest BCUT2D eigenvalue weighted by Gasteiger charge is -2.16. The molecule has 0 amide bonds. The maximum Gasteiger partial charge on any atom is 0.306 e. The van der Waals surface area contributed by atoms with Gasteiger partial charge in [-0.25, -0.2) is 0 Å². The molecule has 0 fully saturated rings. The highest BCUT2D eigenvalue weighted by atomic mass is 32.2. The Hall–Kier alpha value is -3.30. The van der Waals surface area contributed by atoms with Crippen LogP contribution in [0.25, 0.3) is 22.3 Å². The summed E-state index contributed by atoms with van der Waals surface area (Å²) in [6.45, 7) is 8.38. The van der Waals surface area contributed by atoms with Gasteiger partial charge in [0.2, 0.25) is 0 Å². The van der Waals surface area contributed by atoms with E-state index in [4.69, 9.17) is 13.1 Å². The van der Waals surface area contributed by atoms with E-state index in [9.17, 15) is 16.8 Å². The van der Waals surface area contributed by atoms with Crippen molar-refractivity contribution in [2.75, 3.05) is 19.1 Å². The molecule has 0 aliphatic heterocycles. The van der Waals surface area contributed by atoms with E-state index < -0.39 is 20.2 Å². The maximum absolute atomic E-state index is 11.9. The molecular weight excluding hydrogens is 512 g/mol. The van der Waals surface area contributed by atoms with Gasteiger partial charge in [-0.2, -0.15) is 16.8 Å². The average molecular weight is 545 g/mol. The molecule has 0 N–H and O–H groups in total. The standard InChI is InChI=1S/C28H32O7S2/c1-19(2)8-7-15-33-26-14-11-23(18-27(26)35-37(6,31)32)24-16-20(3)28(21(4)17-24)22-9-12-25(13-10-22)34-36(5,29)30/h8-14,16-18H,7,15H2,1-6H3. The minimum Gasteiger partial charge on any atom is -0.489 e. The second-order valence-electron chi connectivity index (χ2n) is 9.16. The molecule has 0 unspecified atom stereocenters. The van der Waals surface area contributed by atoms with Gasteiger partial charge in [-0.05, 0) is 91.8 Å². The van der Waals surface area contributed by atoms with Crippen LogP contribution in [0.4, 0.5) is 0 Å². The molecule has 198 valence electrons. The van der Waals surface area contributed by atoms with E-state index in [0.29, 0.717) is 18.8 Å². The van der Waals surface area contributed by atoms with Gasteiger partial charge in [0.1, 0.15) is 5.75 Å². The van der Waals surface area contributed by atoms with Crippen LogP contribution in [-0.4, -0.2) is 36.0 Å². The summed E-state index contributed by atoms with van der Waals surface area (Å²) < 4.78 is 62.5. The van der Waals surface area contributed by atoms with Crippen molar-refractivity contribution in [3.8, 4) is 39.5 Å². The minimum absolute atomic E-state index is 0.137. The lowest BCUT2D eigenvalue weighted by Crippen LogP contribution is -2.08. The number of benzene rings is 3. The summed E-state index contributed by atoms with van der Waals surface area (Å²) in [5, 5.41) is 0. The van der Waals surface area contributed by atoms with E-state index in [0.717, 1.165) is 45.9 Å². The average Bonchev–Trinajstić information content (AvgIpc) is 2.76. The molecule has 0 spiro atoms. The van der Waals surface area contributed by atoms with Gasteiger partial charge in [-0.15, -0.1) is 0 Å². The molecular formula is C28H32O7S2. The summed E-state index contributed by atoms with van der Waals surface area (Å²) in [6.07, 6.45) is 4.75. The highest BCUT2D eigenvalue weighted by molar-refractivity contribution is 7.86. The first kappa shape index (κ1) is 28.3. The molecule has 0 bridgehead atoms. The molecule has 0 atom stereocenters. The molecule has 37 heavy (non-hydrogen) atoms. The first-order valence-electron chi connectivity index (χ1n) is 11.6. The van der Waals surface area contributed by atoms with Gasteiger partial charge in [0.15, 0.2) is 11.5 Å². The minimum atomic E-state index is -3.76. The van der Waals surface area contributed by atoms with Gasteiger partial charge in [0, 0.05) is 0 Å². The Morgan fingerprint density at radius 1 is 0.730 bits per heavy atom. The van der Waals surface area contributed by atoms with Crippen molar-refractivity contribution < 1.29 is 29.9 Å². The van der Waals surface area contributed by atoms with E-state index >= 15 is 0 Å². The Kier molecular flexibility index (Phi) is 8.71. The molecule has 0 saturated carbocycles. The molecule has 0 aromatic heterocycles. The summed E-state index contributed by atoms with van der Waals surface area (Å²) in [7, 11) is -7.35. The van der Waals surface area contributed by atoms with Crippen LogP contribution in [0.5, 0.6) is 17.2 Å². The van der Waals surface area contributed by atoms with Gasteiger partial charge >= 0.3 is 20.2 Å². The van der Waals surface area contributed by atoms with Gasteiger partial charge < -0.3 is 13.1 Å². The Bertz CT molecular complexity index is 1490. The molecule has 0 radical (unpaired) electrons. The van der Waals surface area contributed by atoms with Crippen LogP contribution in [0.2, 0.25) is 0 Å². The number of hydrogen-bond donors (Lipinski definition) is 0. The number of rotatable bonds is 10. The first-order valence-corrected chi connectivity index (χ1v) is 15.3.